The van der Waals surface area contributed by atoms with Crippen LogP contribution in [0, 0.1) is 5.92 Å². The molecule has 33 heavy (non-hydrogen) atoms. The van der Waals surface area contributed by atoms with Crippen LogP contribution in [0.5, 0.6) is 0 Å². The Labute approximate surface area is 194 Å². The minimum absolute atomic E-state index is 0.0299. The molecule has 0 atom stereocenters. The van der Waals surface area contributed by atoms with Crippen LogP contribution in [-0.4, -0.2) is 54.7 Å². The molecule has 0 unspecified atom stereocenters. The maximum atomic E-state index is 13.2. The molecule has 3 aromatic rings. The highest BCUT2D eigenvalue weighted by atomic mass is 16.2. The van der Waals surface area contributed by atoms with Crippen LogP contribution in [0.25, 0.3) is 10.8 Å². The molecule has 6 heteroatoms. The number of fused-ring (bicyclic) bond motifs is 1. The molecular formula is C27H29N3O3. The van der Waals surface area contributed by atoms with Gasteiger partial charge in [0.05, 0.1) is 0 Å². The molecule has 0 saturated carbocycles. The van der Waals surface area contributed by atoms with Gasteiger partial charge in [-0.1, -0.05) is 48.5 Å². The summed E-state index contributed by atoms with van der Waals surface area (Å²) in [5, 5.41) is 4.62. The summed E-state index contributed by atoms with van der Waals surface area (Å²) in [7, 11) is 3.41. The van der Waals surface area contributed by atoms with E-state index in [1.807, 2.05) is 66.5 Å². The number of carbonyl (C=O) groups is 3. The number of hydrogen-bond acceptors (Lipinski definition) is 3. The average molecular weight is 444 g/mol. The second-order valence-corrected chi connectivity index (χ2v) is 8.56. The number of nitrogens with zero attached hydrogens (tertiary/aromatic N) is 2. The van der Waals surface area contributed by atoms with Crippen molar-refractivity contribution in [3.05, 3.63) is 83.4 Å². The van der Waals surface area contributed by atoms with Crippen LogP contribution >= 0.6 is 0 Å². The number of amides is 3. The fourth-order valence-corrected chi connectivity index (χ4v) is 4.48. The maximum absolute atomic E-state index is 13.2. The van der Waals surface area contributed by atoms with E-state index < -0.39 is 0 Å². The Kier molecular flexibility index (Phi) is 6.73. The number of likely N-dealkylation sites (tertiary alicyclic amines) is 1. The van der Waals surface area contributed by atoms with Gasteiger partial charge in [0.15, 0.2) is 0 Å². The van der Waals surface area contributed by atoms with Crippen molar-refractivity contribution in [1.82, 2.24) is 15.1 Å². The van der Waals surface area contributed by atoms with Gasteiger partial charge in [0, 0.05) is 50.8 Å². The molecule has 0 aliphatic carbocycles. The number of nitrogens with one attached hydrogen (secondary N) is 1. The number of rotatable bonds is 5. The zero-order chi connectivity index (χ0) is 23.4. The first kappa shape index (κ1) is 22.5. The first-order chi connectivity index (χ1) is 16.0. The third-order valence-electron chi connectivity index (χ3n) is 6.39. The standard InChI is InChI=1S/C27H29N3O3/c1-28-25(31)21-12-10-19(11-13-21)18-29(2)26(32)22-14-16-30(17-15-22)27(33)24-9-5-7-20-6-3-4-8-23(20)24/h3-13,22H,14-18H2,1-2H3,(H,28,31). The van der Waals surface area contributed by atoms with E-state index in [9.17, 15) is 14.4 Å². The van der Waals surface area contributed by atoms with Gasteiger partial charge in [0.1, 0.15) is 0 Å². The molecule has 0 bridgehead atoms. The first-order valence-electron chi connectivity index (χ1n) is 11.3. The van der Waals surface area contributed by atoms with Crippen LogP contribution in [0.4, 0.5) is 0 Å². The number of carbonyl (C=O) groups excluding carboxylic acids is 3. The van der Waals surface area contributed by atoms with Crippen molar-refractivity contribution in [2.75, 3.05) is 27.2 Å². The van der Waals surface area contributed by atoms with Gasteiger partial charge in [-0.2, -0.15) is 0 Å². The van der Waals surface area contributed by atoms with E-state index in [1.54, 1.807) is 24.1 Å². The molecule has 1 N–H and O–H groups in total. The van der Waals surface area contributed by atoms with Crippen molar-refractivity contribution in [2.24, 2.45) is 5.92 Å². The fourth-order valence-electron chi connectivity index (χ4n) is 4.48. The van der Waals surface area contributed by atoms with Gasteiger partial charge in [-0.3, -0.25) is 14.4 Å². The van der Waals surface area contributed by atoms with Gasteiger partial charge in [0.2, 0.25) is 5.91 Å². The van der Waals surface area contributed by atoms with E-state index in [0.29, 0.717) is 38.0 Å². The Morgan fingerprint density at radius 2 is 1.61 bits per heavy atom. The molecule has 1 aliphatic heterocycles. The van der Waals surface area contributed by atoms with E-state index in [0.717, 1.165) is 21.9 Å². The molecule has 0 spiro atoms. The molecule has 1 heterocycles. The van der Waals surface area contributed by atoms with Crippen molar-refractivity contribution in [1.29, 1.82) is 0 Å². The van der Waals surface area contributed by atoms with Gasteiger partial charge in [0.25, 0.3) is 11.8 Å². The topological polar surface area (TPSA) is 69.7 Å². The highest BCUT2D eigenvalue weighted by Gasteiger charge is 2.30. The lowest BCUT2D eigenvalue weighted by molar-refractivity contribution is -0.136. The van der Waals surface area contributed by atoms with E-state index in [4.69, 9.17) is 0 Å². The summed E-state index contributed by atoms with van der Waals surface area (Å²) in [5.41, 5.74) is 2.29. The van der Waals surface area contributed by atoms with Crippen LogP contribution in [0.15, 0.2) is 66.7 Å². The van der Waals surface area contributed by atoms with Crippen LogP contribution in [-0.2, 0) is 11.3 Å². The van der Waals surface area contributed by atoms with Crippen LogP contribution < -0.4 is 5.32 Å². The largest absolute Gasteiger partial charge is 0.355 e. The number of hydrogen-bond donors (Lipinski definition) is 1. The molecule has 0 radical (unpaired) electrons. The summed E-state index contributed by atoms with van der Waals surface area (Å²) >= 11 is 0. The lowest BCUT2D eigenvalue weighted by Gasteiger charge is -2.33. The van der Waals surface area contributed by atoms with Crippen LogP contribution in [0.1, 0.15) is 39.1 Å². The molecule has 6 nitrogen and oxygen atoms in total. The summed E-state index contributed by atoms with van der Waals surface area (Å²) in [6.07, 6.45) is 1.32. The molecular weight excluding hydrogens is 414 g/mol. The van der Waals surface area contributed by atoms with E-state index in [-0.39, 0.29) is 23.6 Å². The van der Waals surface area contributed by atoms with Gasteiger partial charge in [-0.15, -0.1) is 0 Å². The molecule has 1 saturated heterocycles. The van der Waals surface area contributed by atoms with Gasteiger partial charge in [-0.05, 0) is 47.4 Å². The Morgan fingerprint density at radius 1 is 0.939 bits per heavy atom. The molecule has 170 valence electrons. The highest BCUT2D eigenvalue weighted by molar-refractivity contribution is 6.07. The Balaban J connectivity index is 1.34. The fraction of sp³-hybridized carbons (Fsp3) is 0.296. The maximum Gasteiger partial charge on any atom is 0.254 e. The van der Waals surface area contributed by atoms with Crippen molar-refractivity contribution in [3.63, 3.8) is 0 Å². The zero-order valence-corrected chi connectivity index (χ0v) is 19.1. The van der Waals surface area contributed by atoms with Crippen molar-refractivity contribution in [3.8, 4) is 0 Å². The highest BCUT2D eigenvalue weighted by Crippen LogP contribution is 2.25. The van der Waals surface area contributed by atoms with E-state index >= 15 is 0 Å². The monoisotopic (exact) mass is 443 g/mol. The predicted octanol–water partition coefficient (Wildman–Crippen LogP) is 3.71. The van der Waals surface area contributed by atoms with Crippen molar-refractivity contribution >= 4 is 28.5 Å². The zero-order valence-electron chi connectivity index (χ0n) is 19.1. The molecule has 1 aliphatic rings. The third-order valence-corrected chi connectivity index (χ3v) is 6.39. The summed E-state index contributed by atoms with van der Waals surface area (Å²) < 4.78 is 0. The smallest absolute Gasteiger partial charge is 0.254 e. The molecule has 3 aromatic carbocycles. The van der Waals surface area contributed by atoms with Crippen LogP contribution in [0.2, 0.25) is 0 Å². The average Bonchev–Trinajstić information content (AvgIpc) is 2.87. The van der Waals surface area contributed by atoms with Crippen molar-refractivity contribution < 1.29 is 14.4 Å². The second-order valence-electron chi connectivity index (χ2n) is 8.56. The van der Waals surface area contributed by atoms with E-state index in [2.05, 4.69) is 5.32 Å². The summed E-state index contributed by atoms with van der Waals surface area (Å²) in [5.74, 6) is -0.0857. The predicted molar refractivity (Wildman–Crippen MR) is 129 cm³/mol. The minimum Gasteiger partial charge on any atom is -0.355 e. The number of benzene rings is 3. The quantitative estimate of drug-likeness (QED) is 0.654. The molecule has 0 aromatic heterocycles. The Bertz CT molecular complexity index is 1160. The SMILES string of the molecule is CNC(=O)c1ccc(CN(C)C(=O)C2CCN(C(=O)c3cccc4ccccc34)CC2)cc1. The molecule has 1 fully saturated rings. The molecule has 3 amide bonds. The first-order valence-corrected chi connectivity index (χ1v) is 11.3. The van der Waals surface area contributed by atoms with Gasteiger partial charge >= 0.3 is 0 Å². The Morgan fingerprint density at radius 3 is 2.30 bits per heavy atom. The van der Waals surface area contributed by atoms with Gasteiger partial charge in [-0.25, -0.2) is 0 Å². The summed E-state index contributed by atoms with van der Waals surface area (Å²) in [4.78, 5) is 41.5. The second kappa shape index (κ2) is 9.86. The number of piperidine rings is 1. The lowest BCUT2D eigenvalue weighted by Crippen LogP contribution is -2.43. The lowest BCUT2D eigenvalue weighted by atomic mass is 9.94. The van der Waals surface area contributed by atoms with E-state index in [1.165, 1.54) is 0 Å². The minimum atomic E-state index is -0.129. The summed E-state index contributed by atoms with van der Waals surface area (Å²) in [6.45, 7) is 1.64. The third kappa shape index (κ3) is 4.90. The Hall–Kier alpha value is -3.67. The van der Waals surface area contributed by atoms with Crippen LogP contribution in [0.3, 0.4) is 0 Å². The summed E-state index contributed by atoms with van der Waals surface area (Å²) in [6, 6.07) is 21.0. The van der Waals surface area contributed by atoms with Crippen molar-refractivity contribution in [2.45, 2.75) is 19.4 Å². The normalized spacial score (nSPS) is 14.2. The van der Waals surface area contributed by atoms with Gasteiger partial charge < -0.3 is 15.1 Å². The molecule has 4 rings (SSSR count).